The minimum Gasteiger partial charge on any atom is -0.454 e. The van der Waals surface area contributed by atoms with Crippen molar-refractivity contribution in [1.29, 1.82) is 0 Å². The average Bonchev–Trinajstić information content (AvgIpc) is 3.06. The molecule has 0 aliphatic carbocycles. The fourth-order valence-electron chi connectivity index (χ4n) is 3.51. The Bertz CT molecular complexity index is 1280. The summed E-state index contributed by atoms with van der Waals surface area (Å²) in [6.07, 6.45) is 0. The number of nitrogens with one attached hydrogen (secondary N) is 1. The van der Waals surface area contributed by atoms with Gasteiger partial charge in [-0.1, -0.05) is 72.8 Å². The molecule has 2 heterocycles. The van der Waals surface area contributed by atoms with Crippen LogP contribution in [0.5, 0.6) is 0 Å². The summed E-state index contributed by atoms with van der Waals surface area (Å²) in [6.45, 7) is 0. The SMILES string of the molecule is O=c1[nH]c2c(oc3ccccc32)c(-c2ccccc2)c1-c1ccccc1. The number of aromatic nitrogens is 1. The third kappa shape index (κ3) is 2.18. The first-order valence-corrected chi connectivity index (χ1v) is 8.51. The van der Waals surface area contributed by atoms with Crippen LogP contribution in [-0.4, -0.2) is 4.98 Å². The zero-order valence-corrected chi connectivity index (χ0v) is 13.9. The van der Waals surface area contributed by atoms with Gasteiger partial charge in [0.1, 0.15) is 5.58 Å². The third-order valence-corrected chi connectivity index (χ3v) is 4.66. The van der Waals surface area contributed by atoms with Crippen LogP contribution >= 0.6 is 0 Å². The number of para-hydroxylation sites is 1. The molecule has 0 bridgehead atoms. The minimum atomic E-state index is -0.117. The summed E-state index contributed by atoms with van der Waals surface area (Å²) >= 11 is 0. The molecule has 0 fully saturated rings. The number of fused-ring (bicyclic) bond motifs is 3. The lowest BCUT2D eigenvalue weighted by Gasteiger charge is -2.10. The summed E-state index contributed by atoms with van der Waals surface area (Å²) in [6, 6.07) is 27.4. The number of hydrogen-bond acceptors (Lipinski definition) is 2. The van der Waals surface area contributed by atoms with E-state index in [1.165, 1.54) is 0 Å². The Morgan fingerprint density at radius 1 is 0.654 bits per heavy atom. The molecule has 26 heavy (non-hydrogen) atoms. The zero-order valence-electron chi connectivity index (χ0n) is 13.9. The highest BCUT2D eigenvalue weighted by Gasteiger charge is 2.20. The molecule has 1 N–H and O–H groups in total. The van der Waals surface area contributed by atoms with Crippen LogP contribution in [0, 0.1) is 0 Å². The molecule has 3 aromatic carbocycles. The second-order valence-electron chi connectivity index (χ2n) is 6.24. The van der Waals surface area contributed by atoms with Gasteiger partial charge in [-0.15, -0.1) is 0 Å². The first kappa shape index (κ1) is 14.7. The van der Waals surface area contributed by atoms with Crippen molar-refractivity contribution in [2.24, 2.45) is 0 Å². The van der Waals surface area contributed by atoms with Crippen molar-refractivity contribution in [1.82, 2.24) is 4.98 Å². The average molecular weight is 337 g/mol. The molecule has 0 spiro atoms. The van der Waals surface area contributed by atoms with Gasteiger partial charge in [0.15, 0.2) is 5.58 Å². The van der Waals surface area contributed by atoms with Gasteiger partial charge in [-0.25, -0.2) is 0 Å². The molecule has 0 amide bonds. The third-order valence-electron chi connectivity index (χ3n) is 4.66. The molecule has 0 unspecified atom stereocenters. The zero-order chi connectivity index (χ0) is 17.5. The molecule has 0 aliphatic heterocycles. The highest BCUT2D eigenvalue weighted by Crippen LogP contribution is 2.38. The summed E-state index contributed by atoms with van der Waals surface area (Å²) in [4.78, 5) is 16.1. The summed E-state index contributed by atoms with van der Waals surface area (Å²) in [5.74, 6) is 0. The van der Waals surface area contributed by atoms with Crippen molar-refractivity contribution in [3.63, 3.8) is 0 Å². The van der Waals surface area contributed by atoms with E-state index in [0.717, 1.165) is 33.2 Å². The monoisotopic (exact) mass is 337 g/mol. The Labute approximate surface area is 149 Å². The Morgan fingerprint density at radius 2 is 1.23 bits per heavy atom. The molecule has 5 aromatic rings. The molecule has 0 atom stereocenters. The molecule has 0 aliphatic rings. The Hall–Kier alpha value is -3.59. The van der Waals surface area contributed by atoms with Crippen LogP contribution < -0.4 is 5.56 Å². The largest absolute Gasteiger partial charge is 0.454 e. The number of benzene rings is 3. The molecule has 124 valence electrons. The fraction of sp³-hybridized carbons (Fsp3) is 0. The Morgan fingerprint density at radius 3 is 1.92 bits per heavy atom. The molecule has 0 radical (unpaired) electrons. The normalized spacial score (nSPS) is 11.2. The lowest BCUT2D eigenvalue weighted by Crippen LogP contribution is -2.10. The maximum atomic E-state index is 13.1. The molecule has 0 saturated carbocycles. The summed E-state index contributed by atoms with van der Waals surface area (Å²) in [7, 11) is 0. The van der Waals surface area contributed by atoms with Crippen LogP contribution in [0.4, 0.5) is 0 Å². The first-order chi connectivity index (χ1) is 12.8. The number of hydrogen-bond donors (Lipinski definition) is 1. The molecular formula is C23H15NO2. The van der Waals surface area contributed by atoms with Gasteiger partial charge < -0.3 is 9.40 Å². The summed E-state index contributed by atoms with van der Waals surface area (Å²) < 4.78 is 6.18. The number of rotatable bonds is 2. The van der Waals surface area contributed by atoms with Crippen molar-refractivity contribution in [3.05, 3.63) is 95.3 Å². The van der Waals surface area contributed by atoms with E-state index in [0.29, 0.717) is 11.1 Å². The van der Waals surface area contributed by atoms with Gasteiger partial charge in [-0.05, 0) is 23.3 Å². The lowest BCUT2D eigenvalue weighted by molar-refractivity contribution is 0.669. The van der Waals surface area contributed by atoms with Crippen molar-refractivity contribution >= 4 is 22.1 Å². The molecule has 5 rings (SSSR count). The molecule has 0 saturated heterocycles. The van der Waals surface area contributed by atoms with Gasteiger partial charge in [0, 0.05) is 10.9 Å². The second kappa shape index (κ2) is 5.74. The molecule has 2 aromatic heterocycles. The van der Waals surface area contributed by atoms with Gasteiger partial charge in [0.05, 0.1) is 11.1 Å². The molecule has 3 nitrogen and oxygen atoms in total. The number of furan rings is 1. The topological polar surface area (TPSA) is 46.0 Å². The maximum absolute atomic E-state index is 13.1. The van der Waals surface area contributed by atoms with Crippen molar-refractivity contribution < 1.29 is 4.42 Å². The first-order valence-electron chi connectivity index (χ1n) is 8.51. The Balaban J connectivity index is 2.00. The van der Waals surface area contributed by atoms with Crippen molar-refractivity contribution in [2.75, 3.05) is 0 Å². The van der Waals surface area contributed by atoms with Crippen LogP contribution in [0.1, 0.15) is 0 Å². The van der Waals surface area contributed by atoms with E-state index in [2.05, 4.69) is 4.98 Å². The quantitative estimate of drug-likeness (QED) is 0.455. The van der Waals surface area contributed by atoms with Crippen LogP contribution in [0.15, 0.2) is 94.1 Å². The standard InChI is InChI=1S/C23H15NO2/c25-23-20(16-11-5-2-6-12-16)19(15-9-3-1-4-10-15)22-21(24-23)17-13-7-8-14-18(17)26-22/h1-14H,(H,24,25). The number of pyridine rings is 1. The van der Waals surface area contributed by atoms with E-state index in [4.69, 9.17) is 4.42 Å². The van der Waals surface area contributed by atoms with Gasteiger partial charge in [0.25, 0.3) is 5.56 Å². The minimum absolute atomic E-state index is 0.117. The van der Waals surface area contributed by atoms with Crippen LogP contribution in [0.3, 0.4) is 0 Å². The fourth-order valence-corrected chi connectivity index (χ4v) is 3.51. The smallest absolute Gasteiger partial charge is 0.257 e. The number of H-pyrrole nitrogens is 1. The van der Waals surface area contributed by atoms with E-state index in [-0.39, 0.29) is 5.56 Å². The van der Waals surface area contributed by atoms with Gasteiger partial charge in [-0.2, -0.15) is 0 Å². The predicted octanol–water partition coefficient (Wildman–Crippen LogP) is 5.61. The van der Waals surface area contributed by atoms with Crippen molar-refractivity contribution in [3.8, 4) is 22.3 Å². The molecular weight excluding hydrogens is 322 g/mol. The van der Waals surface area contributed by atoms with Gasteiger partial charge in [-0.3, -0.25) is 4.79 Å². The van der Waals surface area contributed by atoms with Gasteiger partial charge in [0.2, 0.25) is 0 Å². The van der Waals surface area contributed by atoms with Crippen LogP contribution in [0.2, 0.25) is 0 Å². The Kier molecular flexibility index (Phi) is 3.25. The van der Waals surface area contributed by atoms with Crippen LogP contribution in [0.25, 0.3) is 44.3 Å². The maximum Gasteiger partial charge on any atom is 0.257 e. The van der Waals surface area contributed by atoms with E-state index >= 15 is 0 Å². The second-order valence-corrected chi connectivity index (χ2v) is 6.24. The lowest BCUT2D eigenvalue weighted by atomic mass is 9.95. The predicted molar refractivity (Wildman–Crippen MR) is 105 cm³/mol. The highest BCUT2D eigenvalue weighted by atomic mass is 16.3. The van der Waals surface area contributed by atoms with E-state index < -0.39 is 0 Å². The summed E-state index contributed by atoms with van der Waals surface area (Å²) in [5.41, 5.74) is 5.38. The van der Waals surface area contributed by atoms with Crippen molar-refractivity contribution in [2.45, 2.75) is 0 Å². The summed E-state index contributed by atoms with van der Waals surface area (Å²) in [5, 5.41) is 0.913. The number of aromatic amines is 1. The van der Waals surface area contributed by atoms with E-state index in [1.807, 2.05) is 84.9 Å². The van der Waals surface area contributed by atoms with Gasteiger partial charge >= 0.3 is 0 Å². The van der Waals surface area contributed by atoms with E-state index in [9.17, 15) is 4.79 Å². The van der Waals surface area contributed by atoms with E-state index in [1.54, 1.807) is 0 Å². The van der Waals surface area contributed by atoms with Crippen LogP contribution in [-0.2, 0) is 0 Å². The highest BCUT2D eigenvalue weighted by molar-refractivity contribution is 6.10. The molecule has 3 heteroatoms.